The number of allylic oxidation sites excluding steroid dienone is 1. The standard InChI is InChI=1S/C23H32FN3O4/c1-6-18(22(29)25-12-17(31-5)9-10-28)15(4)26-14(3)13(2)21-19-11-16(24)7-8-20(19)27-23(21)30/h7-8,10-11,13-14,17,21,26H,6,9,12H2,1-5H3,(H,25,29)(H,27,30)/b18-15+. The van der Waals surface area contributed by atoms with Crippen molar-refractivity contribution in [1.29, 1.82) is 0 Å². The van der Waals surface area contributed by atoms with Crippen LogP contribution in [0.2, 0.25) is 0 Å². The van der Waals surface area contributed by atoms with Crippen molar-refractivity contribution in [3.8, 4) is 0 Å². The number of carbonyl (C=O) groups is 3. The van der Waals surface area contributed by atoms with Crippen LogP contribution >= 0.6 is 0 Å². The van der Waals surface area contributed by atoms with E-state index in [-0.39, 0.29) is 48.7 Å². The van der Waals surface area contributed by atoms with E-state index in [4.69, 9.17) is 4.74 Å². The number of carbonyl (C=O) groups excluding carboxylic acids is 3. The van der Waals surface area contributed by atoms with Crippen molar-refractivity contribution in [3.63, 3.8) is 0 Å². The van der Waals surface area contributed by atoms with Crippen molar-refractivity contribution in [2.45, 2.75) is 58.6 Å². The zero-order valence-corrected chi connectivity index (χ0v) is 18.8. The molecule has 7 nitrogen and oxygen atoms in total. The Hall–Kier alpha value is -2.74. The van der Waals surface area contributed by atoms with Gasteiger partial charge in [-0.1, -0.05) is 13.8 Å². The predicted octanol–water partition coefficient (Wildman–Crippen LogP) is 2.88. The molecular weight excluding hydrogens is 401 g/mol. The van der Waals surface area contributed by atoms with Gasteiger partial charge in [0.1, 0.15) is 12.1 Å². The summed E-state index contributed by atoms with van der Waals surface area (Å²) < 4.78 is 18.9. The minimum absolute atomic E-state index is 0.148. The van der Waals surface area contributed by atoms with E-state index in [1.54, 1.807) is 6.07 Å². The normalized spacial score (nSPS) is 18.9. The summed E-state index contributed by atoms with van der Waals surface area (Å²) in [5.74, 6) is -1.39. The molecule has 0 saturated carbocycles. The molecule has 8 heteroatoms. The van der Waals surface area contributed by atoms with Crippen LogP contribution in [-0.2, 0) is 19.1 Å². The number of rotatable bonds is 11. The zero-order chi connectivity index (χ0) is 23.1. The van der Waals surface area contributed by atoms with Crippen molar-refractivity contribution in [1.82, 2.24) is 10.6 Å². The maximum Gasteiger partial charge on any atom is 0.249 e. The van der Waals surface area contributed by atoms with Crippen molar-refractivity contribution < 1.29 is 23.5 Å². The van der Waals surface area contributed by atoms with E-state index >= 15 is 0 Å². The summed E-state index contributed by atoms with van der Waals surface area (Å²) in [5.41, 5.74) is 2.59. The number of benzene rings is 1. The molecule has 1 aliphatic heterocycles. The third kappa shape index (κ3) is 5.91. The van der Waals surface area contributed by atoms with Gasteiger partial charge in [-0.15, -0.1) is 0 Å². The average molecular weight is 434 g/mol. The predicted molar refractivity (Wildman–Crippen MR) is 117 cm³/mol. The summed E-state index contributed by atoms with van der Waals surface area (Å²) in [5, 5.41) is 8.96. The molecule has 0 radical (unpaired) electrons. The molecular formula is C23H32FN3O4. The van der Waals surface area contributed by atoms with E-state index in [0.29, 0.717) is 28.9 Å². The van der Waals surface area contributed by atoms with E-state index in [0.717, 1.165) is 6.29 Å². The Bertz CT molecular complexity index is 855. The number of hydrogen-bond acceptors (Lipinski definition) is 5. The first-order chi connectivity index (χ1) is 14.7. The van der Waals surface area contributed by atoms with E-state index in [1.807, 2.05) is 27.7 Å². The minimum atomic E-state index is -0.481. The third-order valence-electron chi connectivity index (χ3n) is 5.91. The molecule has 0 fully saturated rings. The molecule has 0 bridgehead atoms. The Morgan fingerprint density at radius 3 is 2.68 bits per heavy atom. The Kier molecular flexibility index (Phi) is 8.74. The highest BCUT2D eigenvalue weighted by molar-refractivity contribution is 6.03. The van der Waals surface area contributed by atoms with Gasteiger partial charge in [0.25, 0.3) is 0 Å². The van der Waals surface area contributed by atoms with Crippen molar-refractivity contribution in [3.05, 3.63) is 40.8 Å². The number of anilines is 1. The smallest absolute Gasteiger partial charge is 0.249 e. The molecule has 2 amide bonds. The van der Waals surface area contributed by atoms with Gasteiger partial charge in [0.2, 0.25) is 11.8 Å². The number of nitrogens with one attached hydrogen (secondary N) is 3. The third-order valence-corrected chi connectivity index (χ3v) is 5.91. The van der Waals surface area contributed by atoms with Gasteiger partial charge in [0, 0.05) is 43.1 Å². The van der Waals surface area contributed by atoms with Gasteiger partial charge in [-0.2, -0.15) is 0 Å². The molecule has 1 heterocycles. The molecule has 2 rings (SSSR count). The quantitative estimate of drug-likeness (QED) is 0.368. The summed E-state index contributed by atoms with van der Waals surface area (Å²) in [6.07, 6.45) is 1.11. The fourth-order valence-electron chi connectivity index (χ4n) is 3.91. The van der Waals surface area contributed by atoms with Gasteiger partial charge in [-0.25, -0.2) is 4.39 Å². The molecule has 170 valence electrons. The highest BCUT2D eigenvalue weighted by atomic mass is 19.1. The fourth-order valence-corrected chi connectivity index (χ4v) is 3.91. The monoisotopic (exact) mass is 433 g/mol. The van der Waals surface area contributed by atoms with Gasteiger partial charge >= 0.3 is 0 Å². The van der Waals surface area contributed by atoms with Gasteiger partial charge < -0.3 is 25.5 Å². The molecule has 31 heavy (non-hydrogen) atoms. The van der Waals surface area contributed by atoms with Crippen LogP contribution in [0.5, 0.6) is 0 Å². The SMILES string of the molecule is CC/C(C(=O)NCC(CC=O)OC)=C(/C)NC(C)C(C)C1C(=O)Nc2ccc(F)cc21. The fraction of sp³-hybridized carbons (Fsp3) is 0.522. The first-order valence-corrected chi connectivity index (χ1v) is 10.5. The second-order valence-corrected chi connectivity index (χ2v) is 7.92. The lowest BCUT2D eigenvalue weighted by Gasteiger charge is -2.28. The zero-order valence-electron chi connectivity index (χ0n) is 18.8. The number of halogens is 1. The Balaban J connectivity index is 2.10. The van der Waals surface area contributed by atoms with E-state index in [1.165, 1.54) is 19.2 Å². The largest absolute Gasteiger partial charge is 0.385 e. The molecule has 0 spiro atoms. The topological polar surface area (TPSA) is 96.5 Å². The Morgan fingerprint density at radius 1 is 1.35 bits per heavy atom. The summed E-state index contributed by atoms with van der Waals surface area (Å²) in [7, 11) is 1.50. The molecule has 4 atom stereocenters. The minimum Gasteiger partial charge on any atom is -0.385 e. The van der Waals surface area contributed by atoms with Crippen LogP contribution in [0, 0.1) is 11.7 Å². The number of methoxy groups -OCH3 is 1. The lowest BCUT2D eigenvalue weighted by atomic mass is 9.83. The van der Waals surface area contributed by atoms with Crippen LogP contribution in [0.15, 0.2) is 29.5 Å². The molecule has 4 unspecified atom stereocenters. The molecule has 1 aromatic carbocycles. The summed E-state index contributed by atoms with van der Waals surface area (Å²) in [4.78, 5) is 35.8. The average Bonchev–Trinajstić information content (AvgIpc) is 3.05. The van der Waals surface area contributed by atoms with Crippen LogP contribution in [0.25, 0.3) is 0 Å². The van der Waals surface area contributed by atoms with E-state index in [9.17, 15) is 18.8 Å². The van der Waals surface area contributed by atoms with Gasteiger partial charge in [-0.05, 0) is 49.9 Å². The van der Waals surface area contributed by atoms with Crippen molar-refractivity contribution >= 4 is 23.8 Å². The first-order valence-electron chi connectivity index (χ1n) is 10.5. The van der Waals surface area contributed by atoms with Gasteiger partial charge in [-0.3, -0.25) is 9.59 Å². The van der Waals surface area contributed by atoms with Crippen LogP contribution in [0.4, 0.5) is 10.1 Å². The Morgan fingerprint density at radius 2 is 2.06 bits per heavy atom. The van der Waals surface area contributed by atoms with Crippen LogP contribution in [0.3, 0.4) is 0 Å². The molecule has 1 aromatic rings. The van der Waals surface area contributed by atoms with Crippen molar-refractivity contribution in [2.75, 3.05) is 19.0 Å². The lowest BCUT2D eigenvalue weighted by Crippen LogP contribution is -2.39. The molecule has 0 saturated heterocycles. The Labute approximate surface area is 182 Å². The second-order valence-electron chi connectivity index (χ2n) is 7.92. The van der Waals surface area contributed by atoms with Gasteiger partial charge in [0.05, 0.1) is 12.0 Å². The lowest BCUT2D eigenvalue weighted by molar-refractivity contribution is -0.119. The van der Waals surface area contributed by atoms with Crippen molar-refractivity contribution in [2.24, 2.45) is 5.92 Å². The molecule has 3 N–H and O–H groups in total. The number of aldehydes is 1. The maximum atomic E-state index is 13.7. The number of amides is 2. The number of fused-ring (bicyclic) bond motifs is 1. The number of ether oxygens (including phenoxy) is 1. The highest BCUT2D eigenvalue weighted by Gasteiger charge is 2.37. The highest BCUT2D eigenvalue weighted by Crippen LogP contribution is 2.39. The summed E-state index contributed by atoms with van der Waals surface area (Å²) in [6, 6.07) is 4.16. The molecule has 0 aromatic heterocycles. The van der Waals surface area contributed by atoms with Gasteiger partial charge in [0.15, 0.2) is 0 Å². The maximum absolute atomic E-state index is 13.7. The summed E-state index contributed by atoms with van der Waals surface area (Å²) in [6.45, 7) is 7.82. The van der Waals surface area contributed by atoms with Crippen LogP contribution < -0.4 is 16.0 Å². The van der Waals surface area contributed by atoms with Crippen LogP contribution in [0.1, 0.15) is 52.0 Å². The van der Waals surface area contributed by atoms with E-state index < -0.39 is 5.92 Å². The molecule has 0 aliphatic carbocycles. The summed E-state index contributed by atoms with van der Waals surface area (Å²) >= 11 is 0. The number of hydrogen-bond donors (Lipinski definition) is 3. The first kappa shape index (κ1) is 24.5. The second kappa shape index (κ2) is 11.0. The van der Waals surface area contributed by atoms with E-state index in [2.05, 4.69) is 16.0 Å². The molecule has 1 aliphatic rings. The van der Waals surface area contributed by atoms with Crippen LogP contribution in [-0.4, -0.2) is 43.9 Å².